The molecule has 0 atom stereocenters. The summed E-state index contributed by atoms with van der Waals surface area (Å²) in [5.74, 6) is -0.168. The molecule has 2 aromatic rings. The van der Waals surface area contributed by atoms with E-state index in [0.29, 0.717) is 5.56 Å². The molecule has 24 heavy (non-hydrogen) atoms. The Morgan fingerprint density at radius 2 is 1.50 bits per heavy atom. The van der Waals surface area contributed by atoms with Crippen molar-refractivity contribution in [1.29, 1.82) is 0 Å². The molecule has 1 amide bonds. The molecule has 0 fully saturated rings. The van der Waals surface area contributed by atoms with Crippen molar-refractivity contribution in [3.05, 3.63) is 64.1 Å². The monoisotopic (exact) mass is 387 g/mol. The van der Waals surface area contributed by atoms with Gasteiger partial charge < -0.3 is 5.32 Å². The Kier molecular flexibility index (Phi) is 5.94. The van der Waals surface area contributed by atoms with Crippen LogP contribution in [-0.4, -0.2) is 11.7 Å². The molecule has 2 rings (SSSR count). The predicted octanol–water partition coefficient (Wildman–Crippen LogP) is 5.35. The van der Waals surface area contributed by atoms with Crippen molar-refractivity contribution in [3.8, 4) is 0 Å². The zero-order valence-corrected chi connectivity index (χ0v) is 15.8. The van der Waals surface area contributed by atoms with Gasteiger partial charge in [-0.05, 0) is 35.2 Å². The number of nitrogens with one attached hydrogen (secondary N) is 1. The van der Waals surface area contributed by atoms with E-state index in [4.69, 9.17) is 0 Å². The second kappa shape index (κ2) is 7.75. The SMILES string of the molecule is CC(C)(C)c1ccc(C(=O)CCC(=O)Nc2ccc(Br)cc2)cc1. The van der Waals surface area contributed by atoms with Gasteiger partial charge in [0.15, 0.2) is 5.78 Å². The van der Waals surface area contributed by atoms with Gasteiger partial charge in [0, 0.05) is 28.6 Å². The molecule has 0 spiro atoms. The average molecular weight is 388 g/mol. The summed E-state index contributed by atoms with van der Waals surface area (Å²) in [5, 5.41) is 2.79. The van der Waals surface area contributed by atoms with E-state index in [0.717, 1.165) is 10.2 Å². The molecular formula is C20H22BrNO2. The first kappa shape index (κ1) is 18.4. The number of amides is 1. The predicted molar refractivity (Wildman–Crippen MR) is 101 cm³/mol. The molecule has 126 valence electrons. The number of hydrogen-bond acceptors (Lipinski definition) is 2. The number of halogens is 1. The third kappa shape index (κ3) is 5.31. The summed E-state index contributed by atoms with van der Waals surface area (Å²) >= 11 is 3.35. The van der Waals surface area contributed by atoms with Crippen LogP contribution in [0.2, 0.25) is 0 Å². The number of rotatable bonds is 5. The summed E-state index contributed by atoms with van der Waals surface area (Å²) in [5.41, 5.74) is 2.63. The lowest BCUT2D eigenvalue weighted by molar-refractivity contribution is -0.116. The molecular weight excluding hydrogens is 366 g/mol. The molecule has 0 aliphatic carbocycles. The molecule has 2 aromatic carbocycles. The standard InChI is InChI=1S/C20H22BrNO2/c1-20(2,3)15-6-4-14(5-7-15)18(23)12-13-19(24)22-17-10-8-16(21)9-11-17/h4-11H,12-13H2,1-3H3,(H,22,24). The van der Waals surface area contributed by atoms with Crippen molar-refractivity contribution in [2.24, 2.45) is 0 Å². The van der Waals surface area contributed by atoms with Crippen LogP contribution in [0.5, 0.6) is 0 Å². The number of Topliss-reactive ketones (excluding diaryl/α,β-unsaturated/α-hetero) is 1. The maximum Gasteiger partial charge on any atom is 0.224 e. The van der Waals surface area contributed by atoms with E-state index in [9.17, 15) is 9.59 Å². The molecule has 0 heterocycles. The first-order valence-electron chi connectivity index (χ1n) is 7.95. The first-order chi connectivity index (χ1) is 11.3. The minimum atomic E-state index is -0.156. The van der Waals surface area contributed by atoms with Crippen LogP contribution < -0.4 is 5.32 Å². The van der Waals surface area contributed by atoms with Crippen LogP contribution in [0.3, 0.4) is 0 Å². The van der Waals surface area contributed by atoms with Crippen LogP contribution in [0.1, 0.15) is 49.5 Å². The minimum Gasteiger partial charge on any atom is -0.326 e. The van der Waals surface area contributed by atoms with Crippen LogP contribution in [-0.2, 0) is 10.2 Å². The topological polar surface area (TPSA) is 46.2 Å². The number of carbonyl (C=O) groups excluding carboxylic acids is 2. The van der Waals surface area contributed by atoms with Gasteiger partial charge in [-0.2, -0.15) is 0 Å². The lowest BCUT2D eigenvalue weighted by atomic mass is 9.86. The van der Waals surface area contributed by atoms with Gasteiger partial charge in [0.2, 0.25) is 5.91 Å². The molecule has 1 N–H and O–H groups in total. The molecule has 3 nitrogen and oxygen atoms in total. The maximum absolute atomic E-state index is 12.2. The molecule has 0 aliphatic heterocycles. The van der Waals surface area contributed by atoms with Crippen LogP contribution in [0.25, 0.3) is 0 Å². The van der Waals surface area contributed by atoms with Gasteiger partial charge in [-0.15, -0.1) is 0 Å². The van der Waals surface area contributed by atoms with E-state index in [1.165, 1.54) is 5.56 Å². The zero-order valence-electron chi connectivity index (χ0n) is 14.2. The number of hydrogen-bond donors (Lipinski definition) is 1. The van der Waals surface area contributed by atoms with Gasteiger partial charge in [-0.3, -0.25) is 9.59 Å². The highest BCUT2D eigenvalue weighted by molar-refractivity contribution is 9.10. The molecule has 0 saturated carbocycles. The Bertz CT molecular complexity index is 713. The summed E-state index contributed by atoms with van der Waals surface area (Å²) in [4.78, 5) is 24.2. The maximum atomic E-state index is 12.2. The largest absolute Gasteiger partial charge is 0.326 e. The van der Waals surface area contributed by atoms with E-state index in [2.05, 4.69) is 42.0 Å². The van der Waals surface area contributed by atoms with Crippen molar-refractivity contribution in [2.75, 3.05) is 5.32 Å². The Hall–Kier alpha value is -1.94. The minimum absolute atomic E-state index is 0.0126. The Morgan fingerprint density at radius 3 is 2.04 bits per heavy atom. The fourth-order valence-corrected chi connectivity index (χ4v) is 2.55. The number of benzene rings is 2. The van der Waals surface area contributed by atoms with Gasteiger partial charge in [-0.25, -0.2) is 0 Å². The van der Waals surface area contributed by atoms with Crippen molar-refractivity contribution >= 4 is 33.3 Å². The summed E-state index contributed by atoms with van der Waals surface area (Å²) in [7, 11) is 0. The van der Waals surface area contributed by atoms with Crippen molar-refractivity contribution in [1.82, 2.24) is 0 Å². The Morgan fingerprint density at radius 1 is 0.917 bits per heavy atom. The molecule has 0 aliphatic rings. The molecule has 4 heteroatoms. The van der Waals surface area contributed by atoms with Crippen LogP contribution in [0.15, 0.2) is 53.0 Å². The highest BCUT2D eigenvalue weighted by Crippen LogP contribution is 2.22. The van der Waals surface area contributed by atoms with Crippen LogP contribution in [0, 0.1) is 0 Å². The van der Waals surface area contributed by atoms with Gasteiger partial charge in [0.25, 0.3) is 0 Å². The van der Waals surface area contributed by atoms with Crippen LogP contribution >= 0.6 is 15.9 Å². The quantitative estimate of drug-likeness (QED) is 0.702. The number of ketones is 1. The number of anilines is 1. The Labute approximate surface area is 151 Å². The fraction of sp³-hybridized carbons (Fsp3) is 0.300. The third-order valence-electron chi connectivity index (χ3n) is 3.78. The summed E-state index contributed by atoms with van der Waals surface area (Å²) in [6.07, 6.45) is 0.382. The lowest BCUT2D eigenvalue weighted by Gasteiger charge is -2.18. The average Bonchev–Trinajstić information content (AvgIpc) is 2.54. The molecule has 0 saturated heterocycles. The van der Waals surface area contributed by atoms with E-state index >= 15 is 0 Å². The Balaban J connectivity index is 1.88. The first-order valence-corrected chi connectivity index (χ1v) is 8.74. The molecule has 0 aromatic heterocycles. The normalized spacial score (nSPS) is 11.2. The molecule has 0 unspecified atom stereocenters. The van der Waals surface area contributed by atoms with E-state index in [1.807, 2.05) is 48.5 Å². The summed E-state index contributed by atoms with van der Waals surface area (Å²) < 4.78 is 0.953. The number of carbonyl (C=O) groups is 2. The van der Waals surface area contributed by atoms with Crippen molar-refractivity contribution in [2.45, 2.75) is 39.0 Å². The van der Waals surface area contributed by atoms with E-state index < -0.39 is 0 Å². The fourth-order valence-electron chi connectivity index (χ4n) is 2.28. The third-order valence-corrected chi connectivity index (χ3v) is 4.31. The van der Waals surface area contributed by atoms with Crippen molar-refractivity contribution < 1.29 is 9.59 Å². The smallest absolute Gasteiger partial charge is 0.224 e. The van der Waals surface area contributed by atoms with Gasteiger partial charge in [0.1, 0.15) is 0 Å². The van der Waals surface area contributed by atoms with Gasteiger partial charge >= 0.3 is 0 Å². The highest BCUT2D eigenvalue weighted by atomic mass is 79.9. The highest BCUT2D eigenvalue weighted by Gasteiger charge is 2.15. The van der Waals surface area contributed by atoms with Gasteiger partial charge in [-0.1, -0.05) is 61.0 Å². The summed E-state index contributed by atoms with van der Waals surface area (Å²) in [6.45, 7) is 6.41. The molecule has 0 bridgehead atoms. The van der Waals surface area contributed by atoms with E-state index in [-0.39, 0.29) is 29.9 Å². The van der Waals surface area contributed by atoms with Crippen molar-refractivity contribution in [3.63, 3.8) is 0 Å². The lowest BCUT2D eigenvalue weighted by Crippen LogP contribution is -2.14. The van der Waals surface area contributed by atoms with Crippen LogP contribution in [0.4, 0.5) is 5.69 Å². The second-order valence-electron chi connectivity index (χ2n) is 6.81. The molecule has 0 radical (unpaired) electrons. The van der Waals surface area contributed by atoms with Gasteiger partial charge in [0.05, 0.1) is 0 Å². The summed E-state index contributed by atoms with van der Waals surface area (Å²) in [6, 6.07) is 15.0. The second-order valence-corrected chi connectivity index (χ2v) is 7.72. The zero-order chi connectivity index (χ0) is 17.7. The van der Waals surface area contributed by atoms with E-state index in [1.54, 1.807) is 0 Å².